The summed E-state index contributed by atoms with van der Waals surface area (Å²) < 4.78 is 4.82. The van der Waals surface area contributed by atoms with E-state index in [1.807, 2.05) is 26.2 Å². The Bertz CT molecular complexity index is 397. The van der Waals surface area contributed by atoms with E-state index in [2.05, 4.69) is 17.0 Å². The van der Waals surface area contributed by atoms with Gasteiger partial charge in [0.15, 0.2) is 0 Å². The summed E-state index contributed by atoms with van der Waals surface area (Å²) >= 11 is 0. The van der Waals surface area contributed by atoms with Crippen LogP contribution in [-0.4, -0.2) is 31.6 Å². The minimum atomic E-state index is -0.300. The van der Waals surface area contributed by atoms with E-state index >= 15 is 0 Å². The number of nitrogens with zero attached hydrogens (tertiary/aromatic N) is 1. The average Bonchev–Trinajstić information content (AvgIpc) is 2.26. The molecule has 3 heteroatoms. The fraction of sp³-hybridized carbons (Fsp3) is 0.357. The summed E-state index contributed by atoms with van der Waals surface area (Å²) in [6.45, 7) is 3.09. The molecule has 1 aromatic rings. The van der Waals surface area contributed by atoms with Gasteiger partial charge in [-0.25, -0.2) is 4.79 Å². The van der Waals surface area contributed by atoms with Crippen molar-refractivity contribution in [1.82, 2.24) is 4.90 Å². The SMILES string of the molecule is CCOC(=O)C=Cc1cccc(CN(C)C)c1. The second-order valence-corrected chi connectivity index (χ2v) is 4.07. The van der Waals surface area contributed by atoms with Crippen LogP contribution >= 0.6 is 0 Å². The molecule has 0 amide bonds. The topological polar surface area (TPSA) is 29.5 Å². The van der Waals surface area contributed by atoms with Crippen LogP contribution in [0.25, 0.3) is 6.08 Å². The molecule has 1 rings (SSSR count). The standard InChI is InChI=1S/C14H19NO2/c1-4-17-14(16)9-8-12-6-5-7-13(10-12)11-15(2)3/h5-10H,4,11H2,1-3H3. The molecule has 0 heterocycles. The third-order valence-corrected chi connectivity index (χ3v) is 2.15. The molecule has 0 aliphatic heterocycles. The Kier molecular flexibility index (Phi) is 5.43. The van der Waals surface area contributed by atoms with Gasteiger partial charge in [0.25, 0.3) is 0 Å². The van der Waals surface area contributed by atoms with Crippen molar-refractivity contribution in [2.75, 3.05) is 20.7 Å². The zero-order valence-corrected chi connectivity index (χ0v) is 10.6. The molecular formula is C14H19NO2. The molecule has 0 radical (unpaired) electrons. The van der Waals surface area contributed by atoms with Crippen molar-refractivity contribution >= 4 is 12.0 Å². The van der Waals surface area contributed by atoms with Crippen LogP contribution in [0, 0.1) is 0 Å². The Morgan fingerprint density at radius 2 is 2.18 bits per heavy atom. The second-order valence-electron chi connectivity index (χ2n) is 4.07. The maximum absolute atomic E-state index is 11.2. The number of esters is 1. The van der Waals surface area contributed by atoms with Gasteiger partial charge < -0.3 is 9.64 Å². The van der Waals surface area contributed by atoms with Gasteiger partial charge in [-0.05, 0) is 38.2 Å². The minimum Gasteiger partial charge on any atom is -0.463 e. The molecule has 17 heavy (non-hydrogen) atoms. The van der Waals surface area contributed by atoms with E-state index in [-0.39, 0.29) is 5.97 Å². The summed E-state index contributed by atoms with van der Waals surface area (Å²) in [7, 11) is 4.06. The predicted octanol–water partition coefficient (Wildman–Crippen LogP) is 2.32. The summed E-state index contributed by atoms with van der Waals surface area (Å²) in [5.41, 5.74) is 2.23. The molecule has 0 aliphatic rings. The van der Waals surface area contributed by atoms with Gasteiger partial charge >= 0.3 is 5.97 Å². The van der Waals surface area contributed by atoms with E-state index in [1.54, 1.807) is 13.0 Å². The molecule has 0 aliphatic carbocycles. The fourth-order valence-electron chi connectivity index (χ4n) is 1.51. The van der Waals surface area contributed by atoms with E-state index in [4.69, 9.17) is 4.74 Å². The summed E-state index contributed by atoms with van der Waals surface area (Å²) in [5.74, 6) is -0.300. The Balaban J connectivity index is 2.68. The Hall–Kier alpha value is -1.61. The summed E-state index contributed by atoms with van der Waals surface area (Å²) in [6.07, 6.45) is 3.23. The molecule has 0 atom stereocenters. The van der Waals surface area contributed by atoms with Gasteiger partial charge in [0.2, 0.25) is 0 Å². The first kappa shape index (κ1) is 13.5. The van der Waals surface area contributed by atoms with E-state index in [0.717, 1.165) is 12.1 Å². The quantitative estimate of drug-likeness (QED) is 0.577. The minimum absolute atomic E-state index is 0.300. The summed E-state index contributed by atoms with van der Waals surface area (Å²) in [6, 6.07) is 8.09. The third-order valence-electron chi connectivity index (χ3n) is 2.15. The largest absolute Gasteiger partial charge is 0.463 e. The lowest BCUT2D eigenvalue weighted by Gasteiger charge is -2.09. The Labute approximate surface area is 103 Å². The smallest absolute Gasteiger partial charge is 0.330 e. The van der Waals surface area contributed by atoms with E-state index in [1.165, 1.54) is 11.6 Å². The van der Waals surface area contributed by atoms with Crippen molar-refractivity contribution in [3.05, 3.63) is 41.5 Å². The maximum Gasteiger partial charge on any atom is 0.330 e. The Morgan fingerprint density at radius 1 is 1.41 bits per heavy atom. The zero-order valence-electron chi connectivity index (χ0n) is 10.6. The normalized spacial score (nSPS) is 11.1. The first-order chi connectivity index (χ1) is 8.11. The lowest BCUT2D eigenvalue weighted by molar-refractivity contribution is -0.137. The van der Waals surface area contributed by atoms with Crippen LogP contribution in [0.2, 0.25) is 0 Å². The van der Waals surface area contributed by atoms with Gasteiger partial charge in [-0.15, -0.1) is 0 Å². The molecule has 1 aromatic carbocycles. The van der Waals surface area contributed by atoms with E-state index in [9.17, 15) is 4.79 Å². The van der Waals surface area contributed by atoms with Crippen molar-refractivity contribution in [3.8, 4) is 0 Å². The molecule has 0 unspecified atom stereocenters. The van der Waals surface area contributed by atoms with Crippen LogP contribution in [0.1, 0.15) is 18.1 Å². The van der Waals surface area contributed by atoms with Crippen LogP contribution in [0.5, 0.6) is 0 Å². The molecule has 0 N–H and O–H groups in total. The number of benzene rings is 1. The zero-order chi connectivity index (χ0) is 12.7. The monoisotopic (exact) mass is 233 g/mol. The number of hydrogen-bond acceptors (Lipinski definition) is 3. The van der Waals surface area contributed by atoms with Crippen LogP contribution in [-0.2, 0) is 16.1 Å². The lowest BCUT2D eigenvalue weighted by Crippen LogP contribution is -2.10. The van der Waals surface area contributed by atoms with Gasteiger partial charge in [0, 0.05) is 12.6 Å². The highest BCUT2D eigenvalue weighted by molar-refractivity contribution is 5.87. The van der Waals surface area contributed by atoms with Crippen LogP contribution in [0.4, 0.5) is 0 Å². The van der Waals surface area contributed by atoms with Gasteiger partial charge in [-0.3, -0.25) is 0 Å². The first-order valence-corrected chi connectivity index (χ1v) is 5.70. The first-order valence-electron chi connectivity index (χ1n) is 5.70. The number of rotatable bonds is 5. The Morgan fingerprint density at radius 3 is 2.82 bits per heavy atom. The summed E-state index contributed by atoms with van der Waals surface area (Å²) in [4.78, 5) is 13.3. The van der Waals surface area contributed by atoms with Gasteiger partial charge in [0.05, 0.1) is 6.61 Å². The number of hydrogen-bond donors (Lipinski definition) is 0. The third kappa shape index (κ3) is 5.31. The summed E-state index contributed by atoms with van der Waals surface area (Å²) in [5, 5.41) is 0. The highest BCUT2D eigenvalue weighted by Crippen LogP contribution is 2.08. The van der Waals surface area contributed by atoms with Gasteiger partial charge in [0.1, 0.15) is 0 Å². The molecule has 0 saturated heterocycles. The van der Waals surface area contributed by atoms with Crippen molar-refractivity contribution < 1.29 is 9.53 Å². The second kappa shape index (κ2) is 6.86. The van der Waals surface area contributed by atoms with Crippen molar-refractivity contribution in [2.24, 2.45) is 0 Å². The molecule has 92 valence electrons. The highest BCUT2D eigenvalue weighted by Gasteiger charge is 1.97. The fourth-order valence-corrected chi connectivity index (χ4v) is 1.51. The van der Waals surface area contributed by atoms with Crippen LogP contribution < -0.4 is 0 Å². The lowest BCUT2D eigenvalue weighted by atomic mass is 10.1. The molecule has 0 aromatic heterocycles. The molecule has 0 fully saturated rings. The number of carbonyl (C=O) groups excluding carboxylic acids is 1. The molecule has 3 nitrogen and oxygen atoms in total. The van der Waals surface area contributed by atoms with E-state index in [0.29, 0.717) is 6.61 Å². The average molecular weight is 233 g/mol. The van der Waals surface area contributed by atoms with Gasteiger partial charge in [-0.2, -0.15) is 0 Å². The molecular weight excluding hydrogens is 214 g/mol. The molecule has 0 saturated carbocycles. The highest BCUT2D eigenvalue weighted by atomic mass is 16.5. The van der Waals surface area contributed by atoms with Crippen molar-refractivity contribution in [2.45, 2.75) is 13.5 Å². The number of carbonyl (C=O) groups is 1. The van der Waals surface area contributed by atoms with Crippen LogP contribution in [0.15, 0.2) is 30.3 Å². The van der Waals surface area contributed by atoms with E-state index < -0.39 is 0 Å². The number of ether oxygens (including phenoxy) is 1. The maximum atomic E-state index is 11.2. The molecule has 0 bridgehead atoms. The predicted molar refractivity (Wildman–Crippen MR) is 69.5 cm³/mol. The van der Waals surface area contributed by atoms with Gasteiger partial charge in [-0.1, -0.05) is 24.3 Å². The van der Waals surface area contributed by atoms with Crippen molar-refractivity contribution in [1.29, 1.82) is 0 Å². The van der Waals surface area contributed by atoms with Crippen LogP contribution in [0.3, 0.4) is 0 Å². The molecule has 0 spiro atoms. The van der Waals surface area contributed by atoms with Crippen molar-refractivity contribution in [3.63, 3.8) is 0 Å².